The highest BCUT2D eigenvalue weighted by atomic mass is 79.9. The van der Waals surface area contributed by atoms with Crippen molar-refractivity contribution in [1.29, 1.82) is 0 Å². The van der Waals surface area contributed by atoms with Gasteiger partial charge in [0.1, 0.15) is 18.5 Å². The summed E-state index contributed by atoms with van der Waals surface area (Å²) in [7, 11) is 0. The lowest BCUT2D eigenvalue weighted by molar-refractivity contribution is -0.154. The molecule has 2 rings (SSSR count). The summed E-state index contributed by atoms with van der Waals surface area (Å²) in [4.78, 5) is 11.1. The van der Waals surface area contributed by atoms with Gasteiger partial charge in [0.25, 0.3) is 0 Å². The Kier molecular flexibility index (Phi) is 5.22. The number of carbonyl (C=O) groups is 1. The molecule has 0 radical (unpaired) electrons. The van der Waals surface area contributed by atoms with Gasteiger partial charge in [-0.05, 0) is 31.2 Å². The Balaban J connectivity index is 1.63. The molecule has 1 aromatic rings. The van der Waals surface area contributed by atoms with E-state index in [1.165, 1.54) is 0 Å². The van der Waals surface area contributed by atoms with Crippen LogP contribution in [0.4, 0.5) is 0 Å². The van der Waals surface area contributed by atoms with Crippen molar-refractivity contribution in [2.75, 3.05) is 13.2 Å². The molecule has 0 N–H and O–H groups in total. The summed E-state index contributed by atoms with van der Waals surface area (Å²) >= 11 is 3.38. The maximum atomic E-state index is 11.1. The van der Waals surface area contributed by atoms with Crippen molar-refractivity contribution in [3.05, 3.63) is 28.7 Å². The van der Waals surface area contributed by atoms with Crippen molar-refractivity contribution >= 4 is 21.9 Å². The summed E-state index contributed by atoms with van der Waals surface area (Å²) in [6.07, 6.45) is 1.91. The summed E-state index contributed by atoms with van der Waals surface area (Å²) in [6.45, 7) is 2.20. The van der Waals surface area contributed by atoms with E-state index in [0.29, 0.717) is 6.61 Å². The molecule has 0 spiro atoms. The molecule has 0 atom stereocenters. The molecule has 0 saturated heterocycles. The number of hydrogen-bond acceptors (Lipinski definition) is 4. The smallest absolute Gasteiger partial charge is 0.332 e. The van der Waals surface area contributed by atoms with Crippen LogP contribution in [0, 0.1) is 0 Å². The number of rotatable bonds is 6. The van der Waals surface area contributed by atoms with Crippen LogP contribution < -0.4 is 4.74 Å². The molecule has 1 aliphatic carbocycles. The SMILES string of the molecule is CCOC(=O)COC1CC(Oc2ccc(Br)cc2)C1. The van der Waals surface area contributed by atoms with E-state index in [1.54, 1.807) is 6.92 Å². The van der Waals surface area contributed by atoms with Gasteiger partial charge in [-0.3, -0.25) is 0 Å². The standard InChI is InChI=1S/C14H17BrO4/c1-2-17-14(16)9-18-12-7-13(8-12)19-11-5-3-10(15)4-6-11/h3-6,12-13H,2,7-9H2,1H3. The van der Waals surface area contributed by atoms with Gasteiger partial charge in [0, 0.05) is 17.3 Å². The number of hydrogen-bond donors (Lipinski definition) is 0. The maximum absolute atomic E-state index is 11.1. The Bertz CT molecular complexity index is 412. The van der Waals surface area contributed by atoms with Gasteiger partial charge in [-0.1, -0.05) is 15.9 Å². The third-order valence-corrected chi connectivity index (χ3v) is 3.44. The highest BCUT2D eigenvalue weighted by molar-refractivity contribution is 9.10. The fourth-order valence-electron chi connectivity index (χ4n) is 1.84. The van der Waals surface area contributed by atoms with Crippen molar-refractivity contribution in [2.45, 2.75) is 32.0 Å². The highest BCUT2D eigenvalue weighted by Gasteiger charge is 2.32. The molecule has 0 heterocycles. The molecule has 0 amide bonds. The van der Waals surface area contributed by atoms with E-state index in [2.05, 4.69) is 15.9 Å². The topological polar surface area (TPSA) is 44.8 Å². The van der Waals surface area contributed by atoms with E-state index in [1.807, 2.05) is 24.3 Å². The van der Waals surface area contributed by atoms with Crippen molar-refractivity contribution in [1.82, 2.24) is 0 Å². The van der Waals surface area contributed by atoms with Gasteiger partial charge in [-0.2, -0.15) is 0 Å². The molecule has 0 aromatic heterocycles. The van der Waals surface area contributed by atoms with Crippen molar-refractivity contribution in [2.24, 2.45) is 0 Å². The molecule has 5 heteroatoms. The molecular weight excluding hydrogens is 312 g/mol. The molecule has 19 heavy (non-hydrogen) atoms. The van der Waals surface area contributed by atoms with E-state index in [9.17, 15) is 4.79 Å². The fourth-order valence-corrected chi connectivity index (χ4v) is 2.11. The Morgan fingerprint density at radius 2 is 1.95 bits per heavy atom. The minimum Gasteiger partial charge on any atom is -0.490 e. The fraction of sp³-hybridized carbons (Fsp3) is 0.500. The third kappa shape index (κ3) is 4.51. The molecule has 1 aromatic carbocycles. The monoisotopic (exact) mass is 328 g/mol. The predicted octanol–water partition coefficient (Wildman–Crippen LogP) is 2.94. The first-order valence-electron chi connectivity index (χ1n) is 6.37. The third-order valence-electron chi connectivity index (χ3n) is 2.91. The second kappa shape index (κ2) is 6.91. The molecule has 1 aliphatic rings. The van der Waals surface area contributed by atoms with Gasteiger partial charge in [0.2, 0.25) is 0 Å². The van der Waals surface area contributed by atoms with E-state index >= 15 is 0 Å². The van der Waals surface area contributed by atoms with Crippen LogP contribution in [-0.4, -0.2) is 31.4 Å². The molecule has 1 fully saturated rings. The zero-order chi connectivity index (χ0) is 13.7. The normalized spacial score (nSPS) is 21.6. The first kappa shape index (κ1) is 14.3. The molecule has 0 unspecified atom stereocenters. The Hall–Kier alpha value is -1.07. The number of halogens is 1. The van der Waals surface area contributed by atoms with Crippen LogP contribution in [0.25, 0.3) is 0 Å². The van der Waals surface area contributed by atoms with Gasteiger partial charge in [0.15, 0.2) is 0 Å². The number of esters is 1. The first-order valence-corrected chi connectivity index (χ1v) is 7.16. The summed E-state index contributed by atoms with van der Waals surface area (Å²) in [5.41, 5.74) is 0. The van der Waals surface area contributed by atoms with Gasteiger partial charge in [-0.15, -0.1) is 0 Å². The van der Waals surface area contributed by atoms with Crippen molar-refractivity contribution in [3.63, 3.8) is 0 Å². The lowest BCUT2D eigenvalue weighted by Gasteiger charge is -2.34. The van der Waals surface area contributed by atoms with Gasteiger partial charge in [-0.25, -0.2) is 4.79 Å². The quantitative estimate of drug-likeness (QED) is 0.753. The minimum atomic E-state index is -0.306. The largest absolute Gasteiger partial charge is 0.490 e. The zero-order valence-electron chi connectivity index (χ0n) is 10.8. The van der Waals surface area contributed by atoms with E-state index < -0.39 is 0 Å². The van der Waals surface area contributed by atoms with Crippen LogP contribution in [-0.2, 0) is 14.3 Å². The van der Waals surface area contributed by atoms with Gasteiger partial charge < -0.3 is 14.2 Å². The second-order valence-corrected chi connectivity index (χ2v) is 5.32. The Morgan fingerprint density at radius 1 is 1.26 bits per heavy atom. The van der Waals surface area contributed by atoms with Crippen molar-refractivity contribution in [3.8, 4) is 5.75 Å². The van der Waals surface area contributed by atoms with Crippen LogP contribution in [0.15, 0.2) is 28.7 Å². The summed E-state index contributed by atoms with van der Waals surface area (Å²) in [6, 6.07) is 7.75. The molecule has 1 saturated carbocycles. The van der Waals surface area contributed by atoms with Crippen LogP contribution in [0.5, 0.6) is 5.75 Å². The highest BCUT2D eigenvalue weighted by Crippen LogP contribution is 2.28. The Labute approximate surface area is 121 Å². The lowest BCUT2D eigenvalue weighted by Crippen LogP contribution is -2.40. The van der Waals surface area contributed by atoms with Gasteiger partial charge >= 0.3 is 5.97 Å². The summed E-state index contributed by atoms with van der Waals surface area (Å²) in [5, 5.41) is 0. The number of carbonyl (C=O) groups excluding carboxylic acids is 1. The average molecular weight is 329 g/mol. The molecule has 0 bridgehead atoms. The predicted molar refractivity (Wildman–Crippen MR) is 74.2 cm³/mol. The molecule has 0 aliphatic heterocycles. The molecule has 4 nitrogen and oxygen atoms in total. The second-order valence-electron chi connectivity index (χ2n) is 4.40. The van der Waals surface area contributed by atoms with Gasteiger partial charge in [0.05, 0.1) is 12.7 Å². The summed E-state index contributed by atoms with van der Waals surface area (Å²) < 4.78 is 17.0. The van der Waals surface area contributed by atoms with Crippen molar-refractivity contribution < 1.29 is 19.0 Å². The number of ether oxygens (including phenoxy) is 3. The Morgan fingerprint density at radius 3 is 2.58 bits per heavy atom. The molecule has 104 valence electrons. The average Bonchev–Trinajstić information content (AvgIpc) is 2.34. The number of benzene rings is 1. The van der Waals surface area contributed by atoms with Crippen LogP contribution in [0.2, 0.25) is 0 Å². The lowest BCUT2D eigenvalue weighted by atomic mass is 9.92. The first-order chi connectivity index (χ1) is 9.17. The van der Waals surface area contributed by atoms with E-state index in [4.69, 9.17) is 14.2 Å². The molecular formula is C14H17BrO4. The van der Waals surface area contributed by atoms with E-state index in [-0.39, 0.29) is 24.8 Å². The zero-order valence-corrected chi connectivity index (χ0v) is 12.4. The van der Waals surface area contributed by atoms with Crippen LogP contribution in [0.1, 0.15) is 19.8 Å². The minimum absolute atomic E-state index is 0.0313. The van der Waals surface area contributed by atoms with Crippen LogP contribution in [0.3, 0.4) is 0 Å². The summed E-state index contributed by atoms with van der Waals surface area (Å²) in [5.74, 6) is 0.553. The van der Waals surface area contributed by atoms with E-state index in [0.717, 1.165) is 23.1 Å². The maximum Gasteiger partial charge on any atom is 0.332 e. The van der Waals surface area contributed by atoms with Crippen LogP contribution >= 0.6 is 15.9 Å².